The van der Waals surface area contributed by atoms with Crippen LogP contribution in [0.5, 0.6) is 0 Å². The largest absolute Gasteiger partial charge is 0.377 e. The van der Waals surface area contributed by atoms with Gasteiger partial charge < -0.3 is 12.5 Å². The molecule has 0 amide bonds. The molecule has 0 aromatic heterocycles. The van der Waals surface area contributed by atoms with E-state index in [1.54, 1.807) is 0 Å². The molecule has 0 bridgehead atoms. The molecule has 1 nitrogen and oxygen atoms in total. The second kappa shape index (κ2) is 9.50. The summed E-state index contributed by atoms with van der Waals surface area (Å²) in [5.41, 5.74) is 1.05. The summed E-state index contributed by atoms with van der Waals surface area (Å²) >= 11 is 0. The summed E-state index contributed by atoms with van der Waals surface area (Å²) in [5.74, 6) is 0. The molecule has 2 aromatic rings. The normalized spacial score (nSPS) is 12.3. The van der Waals surface area contributed by atoms with Crippen molar-refractivity contribution in [2.45, 2.75) is 57.5 Å². The Hall–Kier alpha value is -0.676. The predicted molar refractivity (Wildman–Crippen MR) is 115 cm³/mol. The number of hydrogen-bond acceptors (Lipinski definition) is 1. The Bertz CT molecular complexity index is 588. The molecule has 2 aromatic carbocycles. The van der Waals surface area contributed by atoms with Crippen LogP contribution < -0.4 is 0 Å². The molecule has 0 aliphatic heterocycles. The van der Waals surface area contributed by atoms with Crippen molar-refractivity contribution in [1.29, 1.82) is 0 Å². The maximum atomic E-state index is 11.9. The molecule has 3 heteroatoms. The zero-order valence-electron chi connectivity index (χ0n) is 17.2. The molecular formula is C23H35NiOP. The van der Waals surface area contributed by atoms with Crippen LogP contribution in [0.15, 0.2) is 60.7 Å². The van der Waals surface area contributed by atoms with Gasteiger partial charge in [-0.1, -0.05) is 60.7 Å². The number of benzene rings is 2. The Morgan fingerprint density at radius 3 is 1.27 bits per heavy atom. The SMILES string of the molecule is CC(C)(C)[PH+](CC(O)(c1ccccc1)c1ccccc1)C(C)(C)C.[CH3-].[Ni]. The van der Waals surface area contributed by atoms with Gasteiger partial charge in [0.2, 0.25) is 0 Å². The molecule has 0 fully saturated rings. The Kier molecular flexibility index (Phi) is 9.25. The van der Waals surface area contributed by atoms with Crippen LogP contribution in [0.1, 0.15) is 52.7 Å². The first-order valence-corrected chi connectivity index (χ1v) is 10.5. The van der Waals surface area contributed by atoms with E-state index < -0.39 is 13.5 Å². The van der Waals surface area contributed by atoms with Crippen molar-refractivity contribution in [3.05, 3.63) is 79.2 Å². The molecule has 148 valence electrons. The van der Waals surface area contributed by atoms with Gasteiger partial charge in [-0.25, -0.2) is 0 Å². The summed E-state index contributed by atoms with van der Waals surface area (Å²) in [7, 11) is -0.876. The van der Waals surface area contributed by atoms with Crippen molar-refractivity contribution >= 4 is 7.92 Å². The Morgan fingerprint density at radius 1 is 0.692 bits per heavy atom. The van der Waals surface area contributed by atoms with Crippen molar-refractivity contribution in [2.24, 2.45) is 0 Å². The molecule has 0 saturated carbocycles. The summed E-state index contributed by atoms with van der Waals surface area (Å²) in [5, 5.41) is 12.3. The van der Waals surface area contributed by atoms with Crippen molar-refractivity contribution < 1.29 is 21.6 Å². The fraction of sp³-hybridized carbons (Fsp3) is 0.435. The Morgan fingerprint density at radius 2 is 1.00 bits per heavy atom. The van der Waals surface area contributed by atoms with Crippen LogP contribution in [-0.4, -0.2) is 21.6 Å². The summed E-state index contributed by atoms with van der Waals surface area (Å²) in [6, 6.07) is 20.3. The van der Waals surface area contributed by atoms with Gasteiger partial charge in [-0.05, 0) is 52.7 Å². The van der Waals surface area contributed by atoms with Crippen molar-refractivity contribution in [3.8, 4) is 0 Å². The summed E-state index contributed by atoms with van der Waals surface area (Å²) in [6.45, 7) is 13.9. The van der Waals surface area contributed by atoms with Gasteiger partial charge in [-0.15, -0.1) is 0 Å². The smallest absolute Gasteiger partial charge is 0.148 e. The van der Waals surface area contributed by atoms with Gasteiger partial charge in [0.1, 0.15) is 5.60 Å². The van der Waals surface area contributed by atoms with E-state index in [-0.39, 0.29) is 34.2 Å². The minimum atomic E-state index is -0.933. The van der Waals surface area contributed by atoms with E-state index in [0.717, 1.165) is 17.3 Å². The second-order valence-electron chi connectivity index (χ2n) is 8.75. The number of hydrogen-bond donors (Lipinski definition) is 1. The minimum Gasteiger partial charge on any atom is -0.377 e. The average molecular weight is 417 g/mol. The summed E-state index contributed by atoms with van der Waals surface area (Å²) in [4.78, 5) is 0. The average Bonchev–Trinajstić information content (AvgIpc) is 2.52. The maximum Gasteiger partial charge on any atom is 0.148 e. The molecule has 0 atom stereocenters. The first-order chi connectivity index (χ1) is 11.0. The molecule has 0 aliphatic rings. The third-order valence-corrected chi connectivity index (χ3v) is 9.23. The monoisotopic (exact) mass is 416 g/mol. The molecule has 26 heavy (non-hydrogen) atoms. The van der Waals surface area contributed by atoms with Crippen LogP contribution in [0, 0.1) is 7.43 Å². The van der Waals surface area contributed by atoms with E-state index in [2.05, 4.69) is 65.8 Å². The second-order valence-corrected chi connectivity index (χ2v) is 13.1. The quantitative estimate of drug-likeness (QED) is 0.358. The van der Waals surface area contributed by atoms with Crippen molar-refractivity contribution in [1.82, 2.24) is 0 Å². The third kappa shape index (κ3) is 5.92. The summed E-state index contributed by atoms with van der Waals surface area (Å²) < 4.78 is 0. The van der Waals surface area contributed by atoms with Gasteiger partial charge in [0.05, 0.1) is 16.5 Å². The fourth-order valence-corrected chi connectivity index (χ4v) is 7.94. The molecule has 0 saturated heterocycles. The minimum absolute atomic E-state index is 0. The van der Waals surface area contributed by atoms with E-state index >= 15 is 0 Å². The molecule has 1 N–H and O–H groups in total. The zero-order valence-corrected chi connectivity index (χ0v) is 19.2. The van der Waals surface area contributed by atoms with Crippen LogP contribution in [-0.2, 0) is 22.1 Å². The molecule has 0 aliphatic carbocycles. The fourth-order valence-electron chi connectivity index (χ4n) is 3.71. The first-order valence-electron chi connectivity index (χ1n) is 8.75. The van der Waals surface area contributed by atoms with Crippen molar-refractivity contribution in [3.63, 3.8) is 0 Å². The topological polar surface area (TPSA) is 20.2 Å². The number of rotatable bonds is 4. The molecular weight excluding hydrogens is 382 g/mol. The van der Waals surface area contributed by atoms with Gasteiger partial charge in [-0.3, -0.25) is 0 Å². The van der Waals surface area contributed by atoms with E-state index in [1.165, 1.54) is 0 Å². The number of aliphatic hydroxyl groups is 1. The van der Waals surface area contributed by atoms with E-state index in [4.69, 9.17) is 0 Å². The van der Waals surface area contributed by atoms with Gasteiger partial charge in [0.25, 0.3) is 0 Å². The Labute approximate surface area is 172 Å². The van der Waals surface area contributed by atoms with Crippen LogP contribution in [0.3, 0.4) is 0 Å². The zero-order chi connectivity index (χ0) is 18.0. The first kappa shape index (κ1) is 25.3. The summed E-state index contributed by atoms with van der Waals surface area (Å²) in [6.07, 6.45) is 0.804. The predicted octanol–water partition coefficient (Wildman–Crippen LogP) is 6.18. The molecule has 0 radical (unpaired) electrons. The van der Waals surface area contributed by atoms with Gasteiger partial charge >= 0.3 is 0 Å². The van der Waals surface area contributed by atoms with Crippen LogP contribution in [0.25, 0.3) is 0 Å². The standard InChI is InChI=1S/C22H31OP.CH3.Ni/c1-20(2,3)24(21(4,5)6)17-22(23,18-13-9-7-10-14-18)19-15-11-8-12-16-19;;/h7-16,23H,17H2,1-6H3;1H3;/q;-1;/p+1. The van der Waals surface area contributed by atoms with Gasteiger partial charge in [0.15, 0.2) is 0 Å². The van der Waals surface area contributed by atoms with Crippen LogP contribution in [0.4, 0.5) is 0 Å². The van der Waals surface area contributed by atoms with Crippen LogP contribution in [0.2, 0.25) is 0 Å². The van der Waals surface area contributed by atoms with E-state index in [9.17, 15) is 5.11 Å². The van der Waals surface area contributed by atoms with E-state index in [0.29, 0.717) is 0 Å². The third-order valence-electron chi connectivity index (χ3n) is 4.75. The van der Waals surface area contributed by atoms with E-state index in [1.807, 2.05) is 36.4 Å². The Balaban J connectivity index is 0.00000312. The van der Waals surface area contributed by atoms with Gasteiger partial charge in [-0.2, -0.15) is 0 Å². The molecule has 2 rings (SSSR count). The van der Waals surface area contributed by atoms with Gasteiger partial charge in [0, 0.05) is 24.4 Å². The maximum absolute atomic E-state index is 11.9. The molecule has 0 unspecified atom stereocenters. The molecule has 0 spiro atoms. The van der Waals surface area contributed by atoms with Crippen LogP contribution >= 0.6 is 7.92 Å². The molecule has 0 heterocycles. The van der Waals surface area contributed by atoms with Crippen molar-refractivity contribution in [2.75, 3.05) is 6.16 Å².